The Labute approximate surface area is 59.5 Å². The number of hydrogen-bond donors (Lipinski definition) is 2. The zero-order valence-electron chi connectivity index (χ0n) is 4.96. The van der Waals surface area contributed by atoms with Crippen LogP contribution in [0, 0.1) is 0 Å². The predicted molar refractivity (Wildman–Crippen MR) is 38.9 cm³/mol. The third-order valence-corrected chi connectivity index (χ3v) is 1.63. The van der Waals surface area contributed by atoms with Crippen molar-refractivity contribution >= 4 is 19.2 Å². The highest BCUT2D eigenvalue weighted by Gasteiger charge is 2.09. The first-order valence-electron chi connectivity index (χ1n) is 2.17. The standard InChI is InChI=1S/C2H6ClO3P.C2H4/c3-1-2-7(4,5)6;1-2/h1-2H2,(H2,4,5,6);1-2H2. The lowest BCUT2D eigenvalue weighted by molar-refractivity contribution is 0.375. The van der Waals surface area contributed by atoms with Crippen molar-refractivity contribution in [2.45, 2.75) is 0 Å². The minimum atomic E-state index is -3.80. The Bertz CT molecular complexity index is 100.0. The maximum atomic E-state index is 9.84. The van der Waals surface area contributed by atoms with Gasteiger partial charge in [0.2, 0.25) is 0 Å². The fourth-order valence-corrected chi connectivity index (χ4v) is 0.991. The van der Waals surface area contributed by atoms with Crippen LogP contribution < -0.4 is 0 Å². The summed E-state index contributed by atoms with van der Waals surface area (Å²) < 4.78 is 9.84. The average molecular weight is 173 g/mol. The molecule has 0 aromatic carbocycles. The van der Waals surface area contributed by atoms with Crippen LogP contribution in [0.4, 0.5) is 0 Å². The summed E-state index contributed by atoms with van der Waals surface area (Å²) in [7, 11) is -3.80. The quantitative estimate of drug-likeness (QED) is 0.374. The highest BCUT2D eigenvalue weighted by molar-refractivity contribution is 7.51. The summed E-state index contributed by atoms with van der Waals surface area (Å²) in [6, 6.07) is 0. The Morgan fingerprint density at radius 1 is 1.44 bits per heavy atom. The van der Waals surface area contributed by atoms with Gasteiger partial charge in [-0.1, -0.05) is 0 Å². The maximum Gasteiger partial charge on any atom is 0.326 e. The summed E-state index contributed by atoms with van der Waals surface area (Å²) >= 11 is 4.99. The molecule has 0 aliphatic heterocycles. The summed E-state index contributed by atoms with van der Waals surface area (Å²) in [5.74, 6) is 0.0181. The van der Waals surface area contributed by atoms with E-state index in [-0.39, 0.29) is 12.0 Å². The van der Waals surface area contributed by atoms with Crippen molar-refractivity contribution in [1.29, 1.82) is 0 Å². The van der Waals surface area contributed by atoms with Crippen LogP contribution in [0.25, 0.3) is 0 Å². The van der Waals surface area contributed by atoms with Crippen LogP contribution in [0.15, 0.2) is 13.2 Å². The first kappa shape index (κ1) is 11.9. The molecule has 0 spiro atoms. The minimum Gasteiger partial charge on any atom is -0.324 e. The second kappa shape index (κ2) is 6.30. The molecular formula is C4H10ClO3P. The van der Waals surface area contributed by atoms with Gasteiger partial charge in [0, 0.05) is 5.88 Å². The topological polar surface area (TPSA) is 57.5 Å². The lowest BCUT2D eigenvalue weighted by Gasteiger charge is -1.95. The molecule has 0 bridgehead atoms. The number of rotatable bonds is 2. The van der Waals surface area contributed by atoms with Gasteiger partial charge in [0.1, 0.15) is 0 Å². The van der Waals surface area contributed by atoms with E-state index >= 15 is 0 Å². The van der Waals surface area contributed by atoms with Crippen LogP contribution in [0.1, 0.15) is 0 Å². The zero-order valence-corrected chi connectivity index (χ0v) is 6.61. The molecular weight excluding hydrogens is 162 g/mol. The van der Waals surface area contributed by atoms with Crippen molar-refractivity contribution in [2.75, 3.05) is 12.0 Å². The first-order valence-corrected chi connectivity index (χ1v) is 4.50. The van der Waals surface area contributed by atoms with Gasteiger partial charge in [-0.2, -0.15) is 0 Å². The van der Waals surface area contributed by atoms with Crippen molar-refractivity contribution in [2.24, 2.45) is 0 Å². The molecule has 0 fully saturated rings. The number of hydrogen-bond acceptors (Lipinski definition) is 1. The second-order valence-electron chi connectivity index (χ2n) is 1.08. The van der Waals surface area contributed by atoms with E-state index in [9.17, 15) is 4.57 Å². The Morgan fingerprint density at radius 2 is 1.78 bits per heavy atom. The van der Waals surface area contributed by atoms with E-state index in [2.05, 4.69) is 13.2 Å². The van der Waals surface area contributed by atoms with Gasteiger partial charge < -0.3 is 9.79 Å². The Hall–Kier alpha value is 0.180. The molecule has 0 aliphatic rings. The monoisotopic (exact) mass is 172 g/mol. The smallest absolute Gasteiger partial charge is 0.324 e. The van der Waals surface area contributed by atoms with Crippen LogP contribution in [-0.2, 0) is 4.57 Å². The van der Waals surface area contributed by atoms with E-state index in [1.807, 2.05) is 0 Å². The molecule has 5 heteroatoms. The van der Waals surface area contributed by atoms with Gasteiger partial charge >= 0.3 is 7.60 Å². The van der Waals surface area contributed by atoms with Crippen LogP contribution in [0.5, 0.6) is 0 Å². The van der Waals surface area contributed by atoms with Gasteiger partial charge in [-0.25, -0.2) is 0 Å². The summed E-state index contributed by atoms with van der Waals surface area (Å²) in [5.41, 5.74) is 0. The van der Waals surface area contributed by atoms with Crippen molar-refractivity contribution in [3.8, 4) is 0 Å². The molecule has 0 aromatic rings. The van der Waals surface area contributed by atoms with Crippen molar-refractivity contribution in [1.82, 2.24) is 0 Å². The van der Waals surface area contributed by atoms with Crippen LogP contribution in [0.3, 0.4) is 0 Å². The van der Waals surface area contributed by atoms with Gasteiger partial charge in [0.15, 0.2) is 0 Å². The molecule has 0 heterocycles. The SMILES string of the molecule is C=C.O=P(O)(O)CCCl. The molecule has 56 valence electrons. The Kier molecular flexibility index (Phi) is 8.34. The van der Waals surface area contributed by atoms with Gasteiger partial charge in [0.05, 0.1) is 6.16 Å². The van der Waals surface area contributed by atoms with Crippen LogP contribution in [0.2, 0.25) is 0 Å². The van der Waals surface area contributed by atoms with Gasteiger partial charge in [-0.3, -0.25) is 4.57 Å². The molecule has 0 atom stereocenters. The zero-order chi connectivity index (χ0) is 7.91. The van der Waals surface area contributed by atoms with E-state index in [4.69, 9.17) is 21.4 Å². The molecule has 2 N–H and O–H groups in total. The summed E-state index contributed by atoms with van der Waals surface area (Å²) in [5, 5.41) is 0. The van der Waals surface area contributed by atoms with Crippen LogP contribution in [-0.4, -0.2) is 21.8 Å². The van der Waals surface area contributed by atoms with Gasteiger partial charge in [-0.05, 0) is 0 Å². The second-order valence-corrected chi connectivity index (χ2v) is 3.23. The van der Waals surface area contributed by atoms with Gasteiger partial charge in [-0.15, -0.1) is 24.8 Å². The molecule has 0 aliphatic carbocycles. The lowest BCUT2D eigenvalue weighted by atomic mass is 11.0. The number of halogens is 1. The molecule has 0 aromatic heterocycles. The average Bonchev–Trinajstić information content (AvgIpc) is 1.69. The fourth-order valence-electron chi connectivity index (χ4n) is 0.110. The fraction of sp³-hybridized carbons (Fsp3) is 0.500. The van der Waals surface area contributed by atoms with Crippen molar-refractivity contribution in [3.63, 3.8) is 0 Å². The molecule has 0 saturated carbocycles. The Morgan fingerprint density at radius 3 is 1.78 bits per heavy atom. The third-order valence-electron chi connectivity index (χ3n) is 0.376. The normalized spacial score (nSPS) is 9.67. The highest BCUT2D eigenvalue weighted by atomic mass is 35.5. The largest absolute Gasteiger partial charge is 0.326 e. The Balaban J connectivity index is 0. The molecule has 0 unspecified atom stereocenters. The van der Waals surface area contributed by atoms with E-state index in [1.54, 1.807) is 0 Å². The third kappa shape index (κ3) is 17.9. The summed E-state index contributed by atoms with van der Waals surface area (Å²) in [4.78, 5) is 16.1. The highest BCUT2D eigenvalue weighted by Crippen LogP contribution is 2.33. The predicted octanol–water partition coefficient (Wildman–Crippen LogP) is 1.21. The molecule has 9 heavy (non-hydrogen) atoms. The van der Waals surface area contributed by atoms with E-state index in [0.29, 0.717) is 0 Å². The first-order chi connectivity index (χ1) is 4.06. The summed E-state index contributed by atoms with van der Waals surface area (Å²) in [6.45, 7) is 6.00. The molecule has 0 radical (unpaired) electrons. The minimum absolute atomic E-state index is 0.0181. The van der Waals surface area contributed by atoms with E-state index in [0.717, 1.165) is 0 Å². The lowest BCUT2D eigenvalue weighted by Crippen LogP contribution is -1.86. The van der Waals surface area contributed by atoms with Crippen LogP contribution >= 0.6 is 19.2 Å². The molecule has 3 nitrogen and oxygen atoms in total. The van der Waals surface area contributed by atoms with E-state index < -0.39 is 7.60 Å². The maximum absolute atomic E-state index is 9.84. The van der Waals surface area contributed by atoms with Crippen molar-refractivity contribution in [3.05, 3.63) is 13.2 Å². The molecule has 0 rings (SSSR count). The van der Waals surface area contributed by atoms with Gasteiger partial charge in [0.25, 0.3) is 0 Å². The summed E-state index contributed by atoms with van der Waals surface area (Å²) in [6.07, 6.45) is -0.228. The van der Waals surface area contributed by atoms with Crippen molar-refractivity contribution < 1.29 is 14.4 Å². The molecule has 0 saturated heterocycles. The molecule has 0 amide bonds. The number of alkyl halides is 1. The van der Waals surface area contributed by atoms with E-state index in [1.165, 1.54) is 0 Å².